The minimum Gasteiger partial charge on any atom is -0.262 e. The Morgan fingerprint density at radius 2 is 2.26 bits per heavy atom. The van der Waals surface area contributed by atoms with E-state index in [0.717, 1.165) is 33.9 Å². The van der Waals surface area contributed by atoms with Gasteiger partial charge in [-0.2, -0.15) is 11.3 Å². The molecule has 3 aromatic heterocycles. The van der Waals surface area contributed by atoms with Crippen molar-refractivity contribution in [1.82, 2.24) is 20.2 Å². The van der Waals surface area contributed by atoms with Crippen LogP contribution in [0.5, 0.6) is 0 Å². The lowest BCUT2D eigenvalue weighted by Gasteiger charge is -1.92. The molecule has 0 unspecified atom stereocenters. The molecule has 0 aliphatic rings. The molecule has 4 nitrogen and oxygen atoms in total. The molecule has 1 N–H and O–H groups in total. The van der Waals surface area contributed by atoms with Gasteiger partial charge < -0.3 is 0 Å². The first kappa shape index (κ1) is 12.8. The van der Waals surface area contributed by atoms with E-state index in [1.807, 2.05) is 0 Å². The van der Waals surface area contributed by atoms with E-state index in [1.54, 1.807) is 34.4 Å². The van der Waals surface area contributed by atoms with Gasteiger partial charge in [0, 0.05) is 28.5 Å². The van der Waals surface area contributed by atoms with Crippen LogP contribution in [0.4, 0.5) is 0 Å². The fraction of sp³-hybridized carbons (Fsp3) is 0.250. The standard InChI is InChI=1S/C12H12N4S3/c1-2-10-14-12(16-15-10)19-7-9-6-18-11(13-9)8-3-4-17-5-8/h3-6H,2,7H2,1H3,(H,14,15,16). The predicted molar refractivity (Wildman–Crippen MR) is 80.7 cm³/mol. The van der Waals surface area contributed by atoms with Crippen LogP contribution in [0.15, 0.2) is 27.4 Å². The minimum atomic E-state index is 0.793. The van der Waals surface area contributed by atoms with Crippen LogP contribution < -0.4 is 0 Å². The third-order valence-corrected chi connectivity index (χ3v) is 5.02. The Bertz CT molecular complexity index is 642. The van der Waals surface area contributed by atoms with Crippen LogP contribution >= 0.6 is 34.4 Å². The summed E-state index contributed by atoms with van der Waals surface area (Å²) < 4.78 is 0. The quantitative estimate of drug-likeness (QED) is 0.728. The van der Waals surface area contributed by atoms with Gasteiger partial charge in [0.2, 0.25) is 5.16 Å². The fourth-order valence-corrected chi connectivity index (χ4v) is 3.88. The van der Waals surface area contributed by atoms with E-state index in [-0.39, 0.29) is 0 Å². The van der Waals surface area contributed by atoms with Gasteiger partial charge in [0.1, 0.15) is 10.8 Å². The molecular formula is C12H12N4S3. The maximum absolute atomic E-state index is 4.63. The molecule has 0 aliphatic heterocycles. The summed E-state index contributed by atoms with van der Waals surface area (Å²) in [7, 11) is 0. The zero-order valence-corrected chi connectivity index (χ0v) is 12.7. The van der Waals surface area contributed by atoms with E-state index in [1.165, 1.54) is 5.56 Å². The number of hydrogen-bond donors (Lipinski definition) is 1. The van der Waals surface area contributed by atoms with E-state index >= 15 is 0 Å². The Kier molecular flexibility index (Phi) is 3.95. The molecule has 0 saturated carbocycles. The van der Waals surface area contributed by atoms with Gasteiger partial charge >= 0.3 is 0 Å². The Morgan fingerprint density at radius 1 is 1.32 bits per heavy atom. The number of nitrogens with zero attached hydrogens (tertiary/aromatic N) is 3. The van der Waals surface area contributed by atoms with Crippen LogP contribution in [0, 0.1) is 0 Å². The predicted octanol–water partition coefficient (Wildman–Crippen LogP) is 3.84. The molecule has 3 heterocycles. The van der Waals surface area contributed by atoms with Gasteiger partial charge in [-0.1, -0.05) is 18.7 Å². The second-order valence-corrected chi connectivity index (χ2v) is 6.44. The highest BCUT2D eigenvalue weighted by atomic mass is 32.2. The lowest BCUT2D eigenvalue weighted by atomic mass is 10.4. The molecule has 98 valence electrons. The molecule has 7 heteroatoms. The second-order valence-electron chi connectivity index (χ2n) is 3.86. The Hall–Kier alpha value is -1.18. The largest absolute Gasteiger partial charge is 0.262 e. The number of aromatic amines is 1. The van der Waals surface area contributed by atoms with Gasteiger partial charge in [-0.15, -0.1) is 16.4 Å². The Morgan fingerprint density at radius 3 is 3.00 bits per heavy atom. The number of nitrogens with one attached hydrogen (secondary N) is 1. The van der Waals surface area contributed by atoms with Crippen molar-refractivity contribution in [3.05, 3.63) is 33.7 Å². The van der Waals surface area contributed by atoms with Crippen molar-refractivity contribution >= 4 is 34.4 Å². The van der Waals surface area contributed by atoms with Gasteiger partial charge in [0.15, 0.2) is 0 Å². The summed E-state index contributed by atoms with van der Waals surface area (Å²) in [5.41, 5.74) is 2.29. The van der Waals surface area contributed by atoms with Crippen LogP contribution in [0.3, 0.4) is 0 Å². The van der Waals surface area contributed by atoms with E-state index in [0.29, 0.717) is 0 Å². The monoisotopic (exact) mass is 308 g/mol. The number of aromatic nitrogens is 4. The van der Waals surface area contributed by atoms with Crippen molar-refractivity contribution in [2.75, 3.05) is 0 Å². The van der Waals surface area contributed by atoms with E-state index in [4.69, 9.17) is 0 Å². The molecule has 0 atom stereocenters. The molecule has 0 fully saturated rings. The van der Waals surface area contributed by atoms with E-state index < -0.39 is 0 Å². The molecule has 0 aromatic carbocycles. The van der Waals surface area contributed by atoms with Crippen LogP contribution in [0.2, 0.25) is 0 Å². The van der Waals surface area contributed by atoms with Crippen molar-refractivity contribution in [2.24, 2.45) is 0 Å². The van der Waals surface area contributed by atoms with Crippen molar-refractivity contribution in [2.45, 2.75) is 24.3 Å². The number of rotatable bonds is 5. The van der Waals surface area contributed by atoms with Crippen LogP contribution in [0.1, 0.15) is 18.4 Å². The number of H-pyrrole nitrogens is 1. The van der Waals surface area contributed by atoms with Crippen molar-refractivity contribution < 1.29 is 0 Å². The topological polar surface area (TPSA) is 54.5 Å². The molecule has 3 aromatic rings. The summed E-state index contributed by atoms with van der Waals surface area (Å²) in [5.74, 6) is 1.74. The van der Waals surface area contributed by atoms with Crippen molar-refractivity contribution in [3.8, 4) is 10.6 Å². The highest BCUT2D eigenvalue weighted by Crippen LogP contribution is 2.28. The van der Waals surface area contributed by atoms with E-state index in [9.17, 15) is 0 Å². The fourth-order valence-electron chi connectivity index (χ4n) is 1.53. The van der Waals surface area contributed by atoms with Crippen LogP contribution in [0.25, 0.3) is 10.6 Å². The highest BCUT2D eigenvalue weighted by Gasteiger charge is 2.07. The van der Waals surface area contributed by atoms with Gasteiger partial charge in [-0.3, -0.25) is 5.10 Å². The van der Waals surface area contributed by atoms with Gasteiger partial charge in [-0.25, -0.2) is 9.97 Å². The molecular weight excluding hydrogens is 296 g/mol. The SMILES string of the molecule is CCc1nc(SCc2csc(-c3ccsc3)n2)n[nH]1. The summed E-state index contributed by atoms with van der Waals surface area (Å²) in [5, 5.41) is 15.3. The van der Waals surface area contributed by atoms with Gasteiger partial charge in [0.05, 0.1) is 5.69 Å². The Balaban J connectivity index is 1.64. The maximum Gasteiger partial charge on any atom is 0.208 e. The zero-order chi connectivity index (χ0) is 13.1. The molecule has 0 radical (unpaired) electrons. The summed E-state index contributed by atoms with van der Waals surface area (Å²) >= 11 is 5.00. The maximum atomic E-state index is 4.63. The molecule has 0 spiro atoms. The number of thiazole rings is 1. The number of thioether (sulfide) groups is 1. The zero-order valence-electron chi connectivity index (χ0n) is 10.3. The van der Waals surface area contributed by atoms with Gasteiger partial charge in [-0.05, 0) is 11.4 Å². The highest BCUT2D eigenvalue weighted by molar-refractivity contribution is 7.98. The lowest BCUT2D eigenvalue weighted by Crippen LogP contribution is -1.83. The lowest BCUT2D eigenvalue weighted by molar-refractivity contribution is 0.941. The number of aryl methyl sites for hydroxylation is 1. The van der Waals surface area contributed by atoms with Crippen molar-refractivity contribution in [3.63, 3.8) is 0 Å². The molecule has 3 rings (SSSR count). The van der Waals surface area contributed by atoms with Crippen LogP contribution in [-0.4, -0.2) is 20.2 Å². The normalized spacial score (nSPS) is 11.0. The number of thiophene rings is 1. The summed E-state index contributed by atoms with van der Waals surface area (Å²) in [6, 6.07) is 2.10. The molecule has 0 saturated heterocycles. The summed E-state index contributed by atoms with van der Waals surface area (Å²) in [4.78, 5) is 9.01. The third kappa shape index (κ3) is 3.05. The molecule has 0 aliphatic carbocycles. The van der Waals surface area contributed by atoms with Crippen molar-refractivity contribution in [1.29, 1.82) is 0 Å². The van der Waals surface area contributed by atoms with Crippen LogP contribution in [-0.2, 0) is 12.2 Å². The first-order chi connectivity index (χ1) is 9.35. The number of hydrogen-bond acceptors (Lipinski definition) is 6. The third-order valence-electron chi connectivity index (χ3n) is 2.52. The average molecular weight is 308 g/mol. The smallest absolute Gasteiger partial charge is 0.208 e. The first-order valence-corrected chi connectivity index (χ1v) is 8.67. The average Bonchev–Trinajstić information content (AvgIpc) is 3.16. The van der Waals surface area contributed by atoms with Gasteiger partial charge in [0.25, 0.3) is 0 Å². The van der Waals surface area contributed by atoms with E-state index in [2.05, 4.69) is 49.3 Å². The second kappa shape index (κ2) is 5.85. The molecule has 0 bridgehead atoms. The summed E-state index contributed by atoms with van der Waals surface area (Å²) in [6.45, 7) is 2.06. The minimum absolute atomic E-state index is 0.793. The Labute approximate surface area is 123 Å². The molecule has 19 heavy (non-hydrogen) atoms. The summed E-state index contributed by atoms with van der Waals surface area (Å²) in [6.07, 6.45) is 0.882. The molecule has 0 amide bonds. The first-order valence-electron chi connectivity index (χ1n) is 5.86.